The molecule has 0 aliphatic rings. The molecule has 0 fully saturated rings. The largest absolute Gasteiger partial charge is 0.326 e. The molecule has 0 atom stereocenters. The average molecular weight is 410 g/mol. The van der Waals surface area contributed by atoms with Gasteiger partial charge in [0.2, 0.25) is 11.8 Å². The van der Waals surface area contributed by atoms with Crippen LogP contribution in [0.15, 0.2) is 59.8 Å². The van der Waals surface area contributed by atoms with Gasteiger partial charge in [-0.25, -0.2) is 0 Å². The maximum atomic E-state index is 12.5. The first kappa shape index (κ1) is 20.6. The number of rotatable bonds is 7. The molecule has 29 heavy (non-hydrogen) atoms. The van der Waals surface area contributed by atoms with Gasteiger partial charge in [0.05, 0.1) is 5.75 Å². The number of hydrogen-bond donors (Lipinski definition) is 1. The minimum atomic E-state index is -0.128. The Kier molecular flexibility index (Phi) is 6.66. The van der Waals surface area contributed by atoms with Crippen molar-refractivity contribution < 1.29 is 9.59 Å². The van der Waals surface area contributed by atoms with Crippen LogP contribution in [0.4, 0.5) is 11.4 Å². The van der Waals surface area contributed by atoms with Crippen LogP contribution in [0.5, 0.6) is 0 Å². The highest BCUT2D eigenvalue weighted by molar-refractivity contribution is 7.99. The summed E-state index contributed by atoms with van der Waals surface area (Å²) in [6.45, 7) is 4.14. The first-order valence-electron chi connectivity index (χ1n) is 9.25. The van der Waals surface area contributed by atoms with Gasteiger partial charge in [0.1, 0.15) is 0 Å². The average Bonchev–Trinajstić information content (AvgIpc) is 3.14. The number of nitrogens with zero attached hydrogens (tertiary/aromatic N) is 4. The number of thioether (sulfide) groups is 1. The lowest BCUT2D eigenvalue weighted by atomic mass is 10.2. The first-order valence-corrected chi connectivity index (χ1v) is 10.2. The van der Waals surface area contributed by atoms with Crippen molar-refractivity contribution in [2.24, 2.45) is 0 Å². The zero-order chi connectivity index (χ0) is 20.8. The Morgan fingerprint density at radius 1 is 1.10 bits per heavy atom. The Morgan fingerprint density at radius 3 is 2.55 bits per heavy atom. The highest BCUT2D eigenvalue weighted by atomic mass is 32.2. The number of anilines is 2. The van der Waals surface area contributed by atoms with Crippen molar-refractivity contribution in [3.05, 3.63) is 54.6 Å². The highest BCUT2D eigenvalue weighted by Crippen LogP contribution is 2.26. The second-order valence-corrected chi connectivity index (χ2v) is 7.33. The Bertz CT molecular complexity index is 1000. The van der Waals surface area contributed by atoms with E-state index in [-0.39, 0.29) is 17.6 Å². The molecule has 1 aromatic heterocycles. The van der Waals surface area contributed by atoms with Crippen molar-refractivity contribution in [3.8, 4) is 11.4 Å². The molecule has 3 rings (SSSR count). The van der Waals surface area contributed by atoms with Crippen molar-refractivity contribution in [3.63, 3.8) is 0 Å². The van der Waals surface area contributed by atoms with Crippen LogP contribution in [0.3, 0.4) is 0 Å². The van der Waals surface area contributed by atoms with Gasteiger partial charge in [0, 0.05) is 37.5 Å². The first-order chi connectivity index (χ1) is 14.0. The summed E-state index contributed by atoms with van der Waals surface area (Å²) in [5.74, 6) is 0.818. The number of benzene rings is 2. The van der Waals surface area contributed by atoms with Gasteiger partial charge in [-0.2, -0.15) is 0 Å². The van der Waals surface area contributed by atoms with Crippen molar-refractivity contribution in [2.45, 2.75) is 25.5 Å². The SMILES string of the molecule is CCn1c(SCC(=O)N(C)c2ccccc2)nnc1-c1cccc(NC(C)=O)c1. The maximum absolute atomic E-state index is 12.5. The summed E-state index contributed by atoms with van der Waals surface area (Å²) in [5.41, 5.74) is 2.41. The fourth-order valence-corrected chi connectivity index (χ4v) is 3.77. The van der Waals surface area contributed by atoms with Gasteiger partial charge in [0.25, 0.3) is 0 Å². The van der Waals surface area contributed by atoms with Gasteiger partial charge >= 0.3 is 0 Å². The minimum Gasteiger partial charge on any atom is -0.326 e. The normalized spacial score (nSPS) is 10.6. The van der Waals surface area contributed by atoms with E-state index < -0.39 is 0 Å². The van der Waals surface area contributed by atoms with Crippen LogP contribution in [0.2, 0.25) is 0 Å². The third-order valence-electron chi connectivity index (χ3n) is 4.32. The van der Waals surface area contributed by atoms with Crippen molar-refractivity contribution >= 4 is 35.0 Å². The van der Waals surface area contributed by atoms with E-state index in [1.165, 1.54) is 18.7 Å². The van der Waals surface area contributed by atoms with Crippen LogP contribution in [0.25, 0.3) is 11.4 Å². The number of aromatic nitrogens is 3. The lowest BCUT2D eigenvalue weighted by molar-refractivity contribution is -0.116. The van der Waals surface area contributed by atoms with Gasteiger partial charge in [0.15, 0.2) is 11.0 Å². The molecule has 1 heterocycles. The fraction of sp³-hybridized carbons (Fsp3) is 0.238. The summed E-state index contributed by atoms with van der Waals surface area (Å²) in [6, 6.07) is 17.0. The Morgan fingerprint density at radius 2 is 1.86 bits per heavy atom. The number of amides is 2. The van der Waals surface area contributed by atoms with E-state index in [4.69, 9.17) is 0 Å². The topological polar surface area (TPSA) is 80.1 Å². The summed E-state index contributed by atoms with van der Waals surface area (Å²) >= 11 is 1.36. The van der Waals surface area contributed by atoms with E-state index in [9.17, 15) is 9.59 Å². The van der Waals surface area contributed by atoms with Crippen LogP contribution in [-0.4, -0.2) is 39.4 Å². The van der Waals surface area contributed by atoms with Gasteiger partial charge in [-0.3, -0.25) is 9.59 Å². The van der Waals surface area contributed by atoms with Gasteiger partial charge in [-0.15, -0.1) is 10.2 Å². The van der Waals surface area contributed by atoms with Gasteiger partial charge in [-0.1, -0.05) is 42.1 Å². The molecule has 0 aliphatic carbocycles. The quantitative estimate of drug-likeness (QED) is 0.602. The molecule has 0 spiro atoms. The molecule has 0 unspecified atom stereocenters. The lowest BCUT2D eigenvalue weighted by Gasteiger charge is -2.17. The third-order valence-corrected chi connectivity index (χ3v) is 5.27. The second-order valence-electron chi connectivity index (χ2n) is 6.39. The summed E-state index contributed by atoms with van der Waals surface area (Å²) in [6.07, 6.45) is 0. The molecule has 1 N–H and O–H groups in total. The Balaban J connectivity index is 1.75. The molecule has 0 bridgehead atoms. The van der Waals surface area contributed by atoms with E-state index in [1.807, 2.05) is 66.1 Å². The second kappa shape index (κ2) is 9.38. The molecular weight excluding hydrogens is 386 g/mol. The predicted octanol–water partition coefficient (Wildman–Crippen LogP) is 3.68. The molecule has 150 valence electrons. The molecular formula is C21H23N5O2S. The van der Waals surface area contributed by atoms with E-state index >= 15 is 0 Å². The number of carbonyl (C=O) groups excluding carboxylic acids is 2. The van der Waals surface area contributed by atoms with Crippen molar-refractivity contribution in [1.29, 1.82) is 0 Å². The minimum absolute atomic E-state index is 0.0129. The van der Waals surface area contributed by atoms with E-state index in [2.05, 4.69) is 15.5 Å². The van der Waals surface area contributed by atoms with Crippen LogP contribution in [-0.2, 0) is 16.1 Å². The number of hydrogen-bond acceptors (Lipinski definition) is 5. The smallest absolute Gasteiger partial charge is 0.237 e. The van der Waals surface area contributed by atoms with E-state index in [1.54, 1.807) is 11.9 Å². The van der Waals surface area contributed by atoms with Gasteiger partial charge in [-0.05, 0) is 31.2 Å². The lowest BCUT2D eigenvalue weighted by Crippen LogP contribution is -2.27. The number of carbonyl (C=O) groups is 2. The van der Waals surface area contributed by atoms with Crippen molar-refractivity contribution in [1.82, 2.24) is 14.8 Å². The summed E-state index contributed by atoms with van der Waals surface area (Å²) < 4.78 is 1.97. The van der Waals surface area contributed by atoms with Crippen LogP contribution in [0.1, 0.15) is 13.8 Å². The highest BCUT2D eigenvalue weighted by Gasteiger charge is 2.17. The summed E-state index contributed by atoms with van der Waals surface area (Å²) in [4.78, 5) is 25.5. The molecule has 0 aliphatic heterocycles. The van der Waals surface area contributed by atoms with Crippen LogP contribution in [0, 0.1) is 0 Å². The molecule has 3 aromatic rings. The molecule has 8 heteroatoms. The fourth-order valence-electron chi connectivity index (χ4n) is 2.85. The summed E-state index contributed by atoms with van der Waals surface area (Å²) in [7, 11) is 1.77. The third kappa shape index (κ3) is 5.03. The standard InChI is InChI=1S/C21H23N5O2S/c1-4-26-20(16-9-8-10-17(13-16)22-15(2)27)23-24-21(26)29-14-19(28)25(3)18-11-6-5-7-12-18/h5-13H,4,14H2,1-3H3,(H,22,27). The Labute approximate surface area is 174 Å². The molecule has 0 saturated heterocycles. The maximum Gasteiger partial charge on any atom is 0.237 e. The predicted molar refractivity (Wildman–Crippen MR) is 116 cm³/mol. The summed E-state index contributed by atoms with van der Waals surface area (Å²) in [5, 5.41) is 12.0. The molecule has 0 radical (unpaired) electrons. The van der Waals surface area contributed by atoms with Crippen LogP contribution >= 0.6 is 11.8 Å². The van der Waals surface area contributed by atoms with E-state index in [0.717, 1.165) is 11.3 Å². The number of para-hydroxylation sites is 1. The molecule has 7 nitrogen and oxygen atoms in total. The van der Waals surface area contributed by atoms with E-state index in [0.29, 0.717) is 23.2 Å². The monoisotopic (exact) mass is 409 g/mol. The van der Waals surface area contributed by atoms with Crippen molar-refractivity contribution in [2.75, 3.05) is 23.0 Å². The van der Waals surface area contributed by atoms with Gasteiger partial charge < -0.3 is 14.8 Å². The molecule has 2 amide bonds. The zero-order valence-corrected chi connectivity index (χ0v) is 17.4. The number of nitrogens with one attached hydrogen (secondary N) is 1. The Hall–Kier alpha value is -3.13. The zero-order valence-electron chi connectivity index (χ0n) is 16.6. The molecule has 2 aromatic carbocycles. The molecule has 0 saturated carbocycles. The van der Waals surface area contributed by atoms with Crippen LogP contribution < -0.4 is 10.2 Å².